The van der Waals surface area contributed by atoms with Crippen LogP contribution < -0.4 is 0 Å². The van der Waals surface area contributed by atoms with Crippen LogP contribution in [0.15, 0.2) is 60.7 Å². The molecule has 0 aliphatic carbocycles. The standard InChI is InChI=1S/C18H23P/c1-18(2,3)19(14-16-10-6-4-7-11-16)15-17-12-8-5-9-13-17/h4-13H,14-15H2,1-3H3. The van der Waals surface area contributed by atoms with Crippen molar-refractivity contribution < 1.29 is 0 Å². The summed E-state index contributed by atoms with van der Waals surface area (Å²) < 4.78 is 0. The zero-order valence-corrected chi connectivity index (χ0v) is 13.0. The van der Waals surface area contributed by atoms with Gasteiger partial charge >= 0.3 is 0 Å². The Morgan fingerprint density at radius 3 is 1.37 bits per heavy atom. The average molecular weight is 270 g/mol. The molecule has 0 nitrogen and oxygen atoms in total. The highest BCUT2D eigenvalue weighted by Gasteiger charge is 2.24. The lowest BCUT2D eigenvalue weighted by molar-refractivity contribution is 0.776. The van der Waals surface area contributed by atoms with Gasteiger partial charge in [0.1, 0.15) is 0 Å². The second-order valence-electron chi connectivity index (χ2n) is 6.00. The number of hydrogen-bond acceptors (Lipinski definition) is 0. The van der Waals surface area contributed by atoms with E-state index in [1.54, 1.807) is 0 Å². The molecule has 0 aliphatic heterocycles. The van der Waals surface area contributed by atoms with Crippen LogP contribution in [0.4, 0.5) is 0 Å². The molecule has 0 aliphatic rings. The lowest BCUT2D eigenvalue weighted by Gasteiger charge is -2.32. The van der Waals surface area contributed by atoms with Gasteiger partial charge in [0.2, 0.25) is 0 Å². The van der Waals surface area contributed by atoms with Crippen molar-refractivity contribution in [2.45, 2.75) is 38.3 Å². The molecule has 0 saturated carbocycles. The van der Waals surface area contributed by atoms with Gasteiger partial charge in [-0.15, -0.1) is 0 Å². The van der Waals surface area contributed by atoms with Crippen molar-refractivity contribution in [3.63, 3.8) is 0 Å². The quantitative estimate of drug-likeness (QED) is 0.628. The number of rotatable bonds is 4. The van der Waals surface area contributed by atoms with Gasteiger partial charge in [0.25, 0.3) is 0 Å². The van der Waals surface area contributed by atoms with Gasteiger partial charge in [0.15, 0.2) is 0 Å². The summed E-state index contributed by atoms with van der Waals surface area (Å²) >= 11 is 0. The summed E-state index contributed by atoms with van der Waals surface area (Å²) in [6, 6.07) is 21.8. The maximum Gasteiger partial charge on any atom is -0.00654 e. The molecule has 0 amide bonds. The summed E-state index contributed by atoms with van der Waals surface area (Å²) in [5.41, 5.74) is 2.94. The van der Waals surface area contributed by atoms with Crippen molar-refractivity contribution >= 4 is 7.92 Å². The van der Waals surface area contributed by atoms with Gasteiger partial charge < -0.3 is 0 Å². The first-order chi connectivity index (χ1) is 9.05. The van der Waals surface area contributed by atoms with Crippen LogP contribution in [0.25, 0.3) is 0 Å². The van der Waals surface area contributed by atoms with Crippen molar-refractivity contribution in [1.29, 1.82) is 0 Å². The number of benzene rings is 2. The Hall–Kier alpha value is -1.13. The van der Waals surface area contributed by atoms with E-state index in [1.807, 2.05) is 0 Å². The molecule has 0 bridgehead atoms. The minimum absolute atomic E-state index is 0.0543. The fourth-order valence-corrected chi connectivity index (χ4v) is 4.50. The molecule has 2 rings (SSSR count). The number of hydrogen-bond donors (Lipinski definition) is 0. The molecule has 0 unspecified atom stereocenters. The summed E-state index contributed by atoms with van der Waals surface area (Å²) in [5.74, 6) is 0. The zero-order chi connectivity index (χ0) is 13.7. The first-order valence-corrected chi connectivity index (χ1v) is 8.60. The maximum absolute atomic E-state index is 2.38. The third kappa shape index (κ3) is 4.48. The first kappa shape index (κ1) is 14.3. The second kappa shape index (κ2) is 6.35. The molecular weight excluding hydrogens is 247 g/mol. The molecule has 0 spiro atoms. The van der Waals surface area contributed by atoms with Crippen molar-refractivity contribution in [1.82, 2.24) is 0 Å². The molecule has 1 heteroatoms. The Kier molecular flexibility index (Phi) is 4.77. The average Bonchev–Trinajstić information content (AvgIpc) is 2.39. The molecular formula is C18H23P. The zero-order valence-electron chi connectivity index (χ0n) is 12.1. The summed E-state index contributed by atoms with van der Waals surface area (Å²) in [4.78, 5) is 0. The van der Waals surface area contributed by atoms with Gasteiger partial charge in [-0.05, 0) is 28.6 Å². The van der Waals surface area contributed by atoms with Gasteiger partial charge in [-0.25, -0.2) is 0 Å². The molecule has 0 atom stereocenters. The Bertz CT molecular complexity index is 441. The second-order valence-corrected chi connectivity index (χ2v) is 9.05. The van der Waals surface area contributed by atoms with Crippen molar-refractivity contribution in [3.8, 4) is 0 Å². The lowest BCUT2D eigenvalue weighted by Crippen LogP contribution is -2.14. The van der Waals surface area contributed by atoms with E-state index < -0.39 is 0 Å². The molecule has 2 aromatic rings. The van der Waals surface area contributed by atoms with Crippen LogP contribution >= 0.6 is 7.92 Å². The summed E-state index contributed by atoms with van der Waals surface area (Å²) in [7, 11) is -0.0543. The van der Waals surface area contributed by atoms with Crippen LogP contribution in [0.5, 0.6) is 0 Å². The van der Waals surface area contributed by atoms with E-state index >= 15 is 0 Å². The SMILES string of the molecule is CC(C)(C)P(Cc1ccccc1)Cc1ccccc1. The predicted octanol–water partition coefficient (Wildman–Crippen LogP) is 5.67. The first-order valence-electron chi connectivity index (χ1n) is 6.88. The van der Waals surface area contributed by atoms with E-state index in [2.05, 4.69) is 81.4 Å². The van der Waals surface area contributed by atoms with E-state index in [-0.39, 0.29) is 7.92 Å². The van der Waals surface area contributed by atoms with Crippen LogP contribution in [0.1, 0.15) is 31.9 Å². The molecule has 0 heterocycles. The topological polar surface area (TPSA) is 0 Å². The maximum atomic E-state index is 2.38. The molecule has 19 heavy (non-hydrogen) atoms. The van der Waals surface area contributed by atoms with E-state index in [1.165, 1.54) is 23.5 Å². The van der Waals surface area contributed by atoms with Gasteiger partial charge in [0.05, 0.1) is 0 Å². The van der Waals surface area contributed by atoms with Crippen molar-refractivity contribution in [2.75, 3.05) is 0 Å². The molecule has 0 N–H and O–H groups in total. The minimum Gasteiger partial charge on any atom is -0.0922 e. The summed E-state index contributed by atoms with van der Waals surface area (Å²) in [6.07, 6.45) is 2.43. The van der Waals surface area contributed by atoms with Crippen LogP contribution in [0, 0.1) is 0 Å². The summed E-state index contributed by atoms with van der Waals surface area (Å²) in [6.45, 7) is 7.14. The van der Waals surface area contributed by atoms with Gasteiger partial charge in [-0.2, -0.15) is 0 Å². The largest absolute Gasteiger partial charge is 0.0922 e. The fourth-order valence-electron chi connectivity index (χ4n) is 2.14. The van der Waals surface area contributed by atoms with Crippen LogP contribution in [0.2, 0.25) is 0 Å². The van der Waals surface area contributed by atoms with E-state index in [0.29, 0.717) is 5.16 Å². The monoisotopic (exact) mass is 270 g/mol. The molecule has 0 radical (unpaired) electrons. The third-order valence-electron chi connectivity index (χ3n) is 3.38. The lowest BCUT2D eigenvalue weighted by atomic mass is 10.2. The molecule has 0 fully saturated rings. The van der Waals surface area contributed by atoms with Crippen LogP contribution in [-0.2, 0) is 12.3 Å². The molecule has 0 saturated heterocycles. The van der Waals surface area contributed by atoms with E-state index in [4.69, 9.17) is 0 Å². The fraction of sp³-hybridized carbons (Fsp3) is 0.333. The predicted molar refractivity (Wildman–Crippen MR) is 87.0 cm³/mol. The van der Waals surface area contributed by atoms with Gasteiger partial charge in [-0.1, -0.05) is 89.4 Å². The van der Waals surface area contributed by atoms with E-state index in [9.17, 15) is 0 Å². The molecule has 2 aromatic carbocycles. The smallest absolute Gasteiger partial charge is 0.00654 e. The Morgan fingerprint density at radius 1 is 0.684 bits per heavy atom. The van der Waals surface area contributed by atoms with Crippen molar-refractivity contribution in [3.05, 3.63) is 71.8 Å². The van der Waals surface area contributed by atoms with Crippen molar-refractivity contribution in [2.24, 2.45) is 0 Å². The minimum atomic E-state index is -0.0543. The highest BCUT2D eigenvalue weighted by molar-refractivity contribution is 7.57. The Morgan fingerprint density at radius 2 is 1.05 bits per heavy atom. The van der Waals surface area contributed by atoms with Gasteiger partial charge in [0, 0.05) is 0 Å². The molecule has 0 aromatic heterocycles. The third-order valence-corrected chi connectivity index (χ3v) is 6.77. The summed E-state index contributed by atoms with van der Waals surface area (Å²) in [5, 5.41) is 0.390. The normalized spacial score (nSPS) is 11.8. The van der Waals surface area contributed by atoms with E-state index in [0.717, 1.165) is 0 Å². The molecule has 100 valence electrons. The van der Waals surface area contributed by atoms with Gasteiger partial charge in [-0.3, -0.25) is 0 Å². The highest BCUT2D eigenvalue weighted by Crippen LogP contribution is 2.54. The Balaban J connectivity index is 2.13. The Labute approximate surface area is 118 Å². The highest BCUT2D eigenvalue weighted by atomic mass is 31.1. The van der Waals surface area contributed by atoms with Crippen LogP contribution in [-0.4, -0.2) is 5.16 Å². The van der Waals surface area contributed by atoms with Crippen LogP contribution in [0.3, 0.4) is 0 Å².